The van der Waals surface area contributed by atoms with E-state index in [0.29, 0.717) is 12.3 Å². The molecule has 0 aromatic heterocycles. The first-order chi connectivity index (χ1) is 16.9. The molecule has 1 aromatic rings. The second kappa shape index (κ2) is 11.5. The van der Waals surface area contributed by atoms with Crippen molar-refractivity contribution >= 4 is 35.0 Å². The van der Waals surface area contributed by atoms with Gasteiger partial charge in [-0.15, -0.1) is 0 Å². The Morgan fingerprint density at radius 1 is 1.14 bits per heavy atom. The summed E-state index contributed by atoms with van der Waals surface area (Å²) in [5, 5.41) is 9.94. The van der Waals surface area contributed by atoms with E-state index in [9.17, 15) is 9.59 Å². The lowest BCUT2D eigenvalue weighted by atomic mass is 9.78. The van der Waals surface area contributed by atoms with E-state index in [1.807, 2.05) is 31.2 Å². The lowest BCUT2D eigenvalue weighted by Crippen LogP contribution is -2.46. The summed E-state index contributed by atoms with van der Waals surface area (Å²) in [5.41, 5.74) is 1.17. The predicted octanol–water partition coefficient (Wildman–Crippen LogP) is 3.73. The Labute approximate surface area is 214 Å². The van der Waals surface area contributed by atoms with Gasteiger partial charge in [-0.05, 0) is 68.8 Å². The Balaban J connectivity index is 1.14. The van der Waals surface area contributed by atoms with E-state index in [1.165, 1.54) is 0 Å². The van der Waals surface area contributed by atoms with Gasteiger partial charge in [0.05, 0.1) is 13.2 Å². The number of benzene rings is 1. The summed E-state index contributed by atoms with van der Waals surface area (Å²) in [4.78, 5) is 28.5. The Bertz CT molecular complexity index is 918. The number of nitrogens with one attached hydrogen (secondary N) is 3. The number of amides is 3. The number of carbonyl (C=O) groups excluding carboxylic acids is 2. The third-order valence-electron chi connectivity index (χ3n) is 7.91. The maximum absolute atomic E-state index is 12.8. The fraction of sp³-hybridized carbons (Fsp3) is 0.654. The van der Waals surface area contributed by atoms with Crippen molar-refractivity contribution < 1.29 is 14.3 Å². The summed E-state index contributed by atoms with van der Waals surface area (Å²) < 4.78 is 5.29. The molecule has 3 aliphatic heterocycles. The number of urea groups is 1. The minimum atomic E-state index is -0.0681. The van der Waals surface area contributed by atoms with Crippen molar-refractivity contribution in [3.05, 3.63) is 24.3 Å². The maximum atomic E-state index is 12.8. The van der Waals surface area contributed by atoms with E-state index >= 15 is 0 Å². The Kier molecular flexibility index (Phi) is 8.36. The Morgan fingerprint density at radius 3 is 2.57 bits per heavy atom. The number of methoxy groups -OCH3 is 1. The highest BCUT2D eigenvalue weighted by atomic mass is 32.1. The van der Waals surface area contributed by atoms with Crippen LogP contribution in [0.15, 0.2) is 24.3 Å². The molecule has 0 saturated carbocycles. The average molecular weight is 502 g/mol. The van der Waals surface area contributed by atoms with Gasteiger partial charge in [0.15, 0.2) is 5.11 Å². The molecule has 0 unspecified atom stereocenters. The zero-order chi connectivity index (χ0) is 24.8. The Morgan fingerprint density at radius 2 is 1.89 bits per heavy atom. The minimum Gasteiger partial charge on any atom is -0.497 e. The standard InChI is InChI=1S/C26H39N5O3S/c1-19-22(29-24(33)27-19)9-4-3-5-10-23(32)31-16-13-26(18-31)11-14-30(15-12-26)25(35)28-20-7-6-8-21(17-20)34-2/h6-8,17,19,22H,3-5,9-16,18H2,1-2H3,(H,28,35)(H2,27,29,33)/t19-,22+/m0/s1. The molecule has 0 radical (unpaired) electrons. The monoisotopic (exact) mass is 501 g/mol. The number of ether oxygens (including phenoxy) is 1. The number of rotatable bonds is 8. The zero-order valence-corrected chi connectivity index (χ0v) is 21.8. The van der Waals surface area contributed by atoms with Crippen molar-refractivity contribution in [1.29, 1.82) is 0 Å². The molecule has 2 atom stereocenters. The van der Waals surface area contributed by atoms with Gasteiger partial charge in [-0.25, -0.2) is 4.79 Å². The van der Waals surface area contributed by atoms with Crippen LogP contribution in [0.25, 0.3) is 0 Å². The van der Waals surface area contributed by atoms with Crippen molar-refractivity contribution in [2.45, 2.75) is 70.4 Å². The molecule has 3 aliphatic rings. The highest BCUT2D eigenvalue weighted by molar-refractivity contribution is 7.80. The summed E-state index contributed by atoms with van der Waals surface area (Å²) in [7, 11) is 1.66. The first-order valence-electron chi connectivity index (χ1n) is 12.9. The molecule has 4 rings (SSSR count). The lowest BCUT2D eigenvalue weighted by molar-refractivity contribution is -0.130. The van der Waals surface area contributed by atoms with Gasteiger partial charge < -0.3 is 30.5 Å². The van der Waals surface area contributed by atoms with Gasteiger partial charge in [0.1, 0.15) is 5.75 Å². The molecule has 1 spiro atoms. The predicted molar refractivity (Wildman–Crippen MR) is 142 cm³/mol. The molecule has 0 bridgehead atoms. The number of unbranched alkanes of at least 4 members (excludes halogenated alkanes) is 2. The number of hydrogen-bond acceptors (Lipinski definition) is 4. The summed E-state index contributed by atoms with van der Waals surface area (Å²) >= 11 is 5.67. The van der Waals surface area contributed by atoms with Gasteiger partial charge in [0.2, 0.25) is 5.91 Å². The fourth-order valence-corrected chi connectivity index (χ4v) is 5.88. The Hall–Kier alpha value is -2.55. The zero-order valence-electron chi connectivity index (χ0n) is 21.0. The van der Waals surface area contributed by atoms with Gasteiger partial charge in [0.25, 0.3) is 0 Å². The van der Waals surface area contributed by atoms with Crippen LogP contribution in [0.5, 0.6) is 5.75 Å². The number of piperidine rings is 1. The van der Waals surface area contributed by atoms with E-state index < -0.39 is 0 Å². The molecule has 9 heteroatoms. The molecule has 0 aliphatic carbocycles. The second-order valence-corrected chi connectivity index (χ2v) is 10.7. The summed E-state index contributed by atoms with van der Waals surface area (Å²) in [6.07, 6.45) is 7.79. The quantitative estimate of drug-likeness (QED) is 0.372. The van der Waals surface area contributed by atoms with Gasteiger partial charge in [-0.1, -0.05) is 18.9 Å². The molecule has 35 heavy (non-hydrogen) atoms. The molecule has 3 N–H and O–H groups in total. The van der Waals surface area contributed by atoms with Crippen molar-refractivity contribution in [1.82, 2.24) is 20.4 Å². The highest BCUT2D eigenvalue weighted by Gasteiger charge is 2.42. The summed E-state index contributed by atoms with van der Waals surface area (Å²) in [6, 6.07) is 8.13. The number of anilines is 1. The molecular weight excluding hydrogens is 462 g/mol. The molecule has 1 aromatic carbocycles. The molecule has 3 saturated heterocycles. The van der Waals surface area contributed by atoms with Crippen molar-refractivity contribution in [3.8, 4) is 5.75 Å². The fourth-order valence-electron chi connectivity index (χ4n) is 5.58. The van der Waals surface area contributed by atoms with Crippen LogP contribution < -0.4 is 20.7 Å². The average Bonchev–Trinajstić information content (AvgIpc) is 3.41. The normalized spacial score (nSPS) is 23.2. The highest BCUT2D eigenvalue weighted by Crippen LogP contribution is 2.40. The van der Waals surface area contributed by atoms with Crippen LogP contribution >= 0.6 is 12.2 Å². The van der Waals surface area contributed by atoms with Gasteiger partial charge in [-0.3, -0.25) is 4.79 Å². The number of thiocarbonyl (C=S) groups is 1. The van der Waals surface area contributed by atoms with Crippen molar-refractivity contribution in [2.75, 3.05) is 38.6 Å². The third kappa shape index (κ3) is 6.57. The SMILES string of the molecule is COc1cccc(NC(=S)N2CCC3(CCN(C(=O)CCCCC[C@H]4NC(=O)N[C@H]4C)C3)CC2)c1. The van der Waals surface area contributed by atoms with E-state index in [4.69, 9.17) is 17.0 Å². The van der Waals surface area contributed by atoms with Crippen LogP contribution in [-0.2, 0) is 4.79 Å². The minimum absolute atomic E-state index is 0.0681. The lowest BCUT2D eigenvalue weighted by Gasteiger charge is -2.40. The topological polar surface area (TPSA) is 85.9 Å². The summed E-state index contributed by atoms with van der Waals surface area (Å²) in [5.74, 6) is 1.10. The van der Waals surface area contributed by atoms with Gasteiger partial charge in [0, 0.05) is 50.4 Å². The van der Waals surface area contributed by atoms with E-state index in [-0.39, 0.29) is 23.5 Å². The molecule has 3 heterocycles. The first kappa shape index (κ1) is 25.5. The van der Waals surface area contributed by atoms with Crippen LogP contribution in [0.4, 0.5) is 10.5 Å². The molecule has 192 valence electrons. The van der Waals surface area contributed by atoms with Crippen LogP contribution in [-0.4, -0.2) is 72.2 Å². The largest absolute Gasteiger partial charge is 0.497 e. The number of likely N-dealkylation sites (tertiary alicyclic amines) is 2. The first-order valence-corrected chi connectivity index (χ1v) is 13.3. The number of nitrogens with zero attached hydrogens (tertiary/aromatic N) is 2. The molecule has 3 amide bonds. The van der Waals surface area contributed by atoms with Crippen molar-refractivity contribution in [2.24, 2.45) is 5.41 Å². The van der Waals surface area contributed by atoms with Crippen molar-refractivity contribution in [3.63, 3.8) is 0 Å². The molecule has 3 fully saturated rings. The van der Waals surface area contributed by atoms with E-state index in [1.54, 1.807) is 7.11 Å². The molecule has 8 nitrogen and oxygen atoms in total. The maximum Gasteiger partial charge on any atom is 0.315 e. The van der Waals surface area contributed by atoms with Gasteiger partial charge >= 0.3 is 6.03 Å². The van der Waals surface area contributed by atoms with Gasteiger partial charge in [-0.2, -0.15) is 0 Å². The van der Waals surface area contributed by atoms with E-state index in [2.05, 4.69) is 25.8 Å². The summed E-state index contributed by atoms with van der Waals surface area (Å²) in [6.45, 7) is 5.63. The van der Waals surface area contributed by atoms with Crippen LogP contribution in [0, 0.1) is 5.41 Å². The molecular formula is C26H39N5O3S. The van der Waals surface area contributed by atoms with Crippen LogP contribution in [0.3, 0.4) is 0 Å². The van der Waals surface area contributed by atoms with E-state index in [0.717, 1.165) is 87.7 Å². The number of hydrogen-bond donors (Lipinski definition) is 3. The smallest absolute Gasteiger partial charge is 0.315 e. The third-order valence-corrected chi connectivity index (χ3v) is 8.27. The number of carbonyl (C=O) groups is 2. The van der Waals surface area contributed by atoms with Crippen LogP contribution in [0.1, 0.15) is 58.3 Å². The van der Waals surface area contributed by atoms with Crippen LogP contribution in [0.2, 0.25) is 0 Å². The second-order valence-electron chi connectivity index (χ2n) is 10.3.